The Hall–Kier alpha value is -3.73. The molecule has 2 aromatic carbocycles. The van der Waals surface area contributed by atoms with Crippen LogP contribution in [-0.2, 0) is 6.54 Å². The minimum absolute atomic E-state index is 0.163. The molecule has 0 aliphatic heterocycles. The van der Waals surface area contributed by atoms with E-state index in [4.69, 9.17) is 5.10 Å². The molecule has 0 saturated heterocycles. The van der Waals surface area contributed by atoms with Crippen molar-refractivity contribution in [2.45, 2.75) is 33.4 Å². The molecule has 31 heavy (non-hydrogen) atoms. The lowest BCUT2D eigenvalue weighted by Crippen LogP contribution is -2.27. The molecule has 5 nitrogen and oxygen atoms in total. The van der Waals surface area contributed by atoms with Crippen LogP contribution in [0.2, 0.25) is 0 Å². The second-order valence-corrected chi connectivity index (χ2v) is 7.89. The van der Waals surface area contributed by atoms with Gasteiger partial charge in [-0.15, -0.1) is 0 Å². The summed E-state index contributed by atoms with van der Waals surface area (Å²) in [6.07, 6.45) is 3.56. The molecule has 156 valence electrons. The predicted octanol–water partition coefficient (Wildman–Crippen LogP) is 5.10. The quantitative estimate of drug-likeness (QED) is 0.481. The molecule has 5 heteroatoms. The second-order valence-electron chi connectivity index (χ2n) is 7.89. The number of rotatable bonds is 6. The molecule has 0 saturated carbocycles. The van der Waals surface area contributed by atoms with Gasteiger partial charge in [-0.05, 0) is 38.5 Å². The first-order valence-electron chi connectivity index (χ1n) is 10.4. The number of amides is 1. The van der Waals surface area contributed by atoms with Gasteiger partial charge in [0.1, 0.15) is 5.69 Å². The Labute approximate surface area is 182 Å². The summed E-state index contributed by atoms with van der Waals surface area (Å²) in [5.74, 6) is -0.163. The van der Waals surface area contributed by atoms with E-state index in [1.807, 2.05) is 67.2 Å². The Morgan fingerprint density at radius 1 is 0.968 bits per heavy atom. The van der Waals surface area contributed by atoms with Crippen molar-refractivity contribution in [1.82, 2.24) is 20.1 Å². The summed E-state index contributed by atoms with van der Waals surface area (Å²) in [6, 6.07) is 21.9. The van der Waals surface area contributed by atoms with E-state index < -0.39 is 0 Å². The Balaban J connectivity index is 1.65. The summed E-state index contributed by atoms with van der Waals surface area (Å²) in [5, 5.41) is 7.83. The minimum Gasteiger partial charge on any atom is -0.344 e. The van der Waals surface area contributed by atoms with Crippen molar-refractivity contribution in [3.05, 3.63) is 107 Å². The van der Waals surface area contributed by atoms with Crippen molar-refractivity contribution in [3.8, 4) is 11.3 Å². The van der Waals surface area contributed by atoms with Crippen molar-refractivity contribution in [3.63, 3.8) is 0 Å². The predicted molar refractivity (Wildman–Crippen MR) is 123 cm³/mol. The van der Waals surface area contributed by atoms with Gasteiger partial charge in [0, 0.05) is 18.0 Å². The number of nitrogens with one attached hydrogen (secondary N) is 1. The average molecular weight is 411 g/mol. The van der Waals surface area contributed by atoms with E-state index in [0.717, 1.165) is 22.4 Å². The lowest BCUT2D eigenvalue weighted by Gasteiger charge is -2.13. The third-order valence-corrected chi connectivity index (χ3v) is 5.28. The first-order valence-corrected chi connectivity index (χ1v) is 10.4. The van der Waals surface area contributed by atoms with Crippen LogP contribution in [0.4, 0.5) is 0 Å². The van der Waals surface area contributed by atoms with Crippen molar-refractivity contribution >= 4 is 5.91 Å². The number of hydrogen-bond donors (Lipinski definition) is 1. The SMILES string of the molecule is Cc1ccc(Cn2cc(C(=O)N[C@H](C)c3ccccn3)c(-c3ccc(C)cc3)n2)cc1. The number of carbonyl (C=O) groups is 1. The first-order chi connectivity index (χ1) is 15.0. The molecule has 4 rings (SSSR count). The van der Waals surface area contributed by atoms with Crippen molar-refractivity contribution in [2.75, 3.05) is 0 Å². The molecule has 0 spiro atoms. The first kappa shape index (κ1) is 20.5. The van der Waals surface area contributed by atoms with Crippen LogP contribution in [0.25, 0.3) is 11.3 Å². The van der Waals surface area contributed by atoms with Gasteiger partial charge in [-0.25, -0.2) is 0 Å². The normalized spacial score (nSPS) is 11.8. The highest BCUT2D eigenvalue weighted by Crippen LogP contribution is 2.24. The van der Waals surface area contributed by atoms with Crippen molar-refractivity contribution in [1.29, 1.82) is 0 Å². The van der Waals surface area contributed by atoms with Gasteiger partial charge >= 0.3 is 0 Å². The fourth-order valence-corrected chi connectivity index (χ4v) is 3.45. The molecule has 0 unspecified atom stereocenters. The summed E-state index contributed by atoms with van der Waals surface area (Å²) in [4.78, 5) is 17.6. The number of carbonyl (C=O) groups excluding carboxylic acids is 1. The third-order valence-electron chi connectivity index (χ3n) is 5.28. The van der Waals surface area contributed by atoms with Crippen molar-refractivity contribution < 1.29 is 4.79 Å². The second kappa shape index (κ2) is 8.96. The molecule has 1 N–H and O–H groups in total. The molecular weight excluding hydrogens is 384 g/mol. The van der Waals surface area contributed by atoms with E-state index in [9.17, 15) is 4.79 Å². The van der Waals surface area contributed by atoms with Crippen LogP contribution in [-0.4, -0.2) is 20.7 Å². The maximum absolute atomic E-state index is 13.2. The van der Waals surface area contributed by atoms with Crippen LogP contribution in [0.1, 0.15) is 45.7 Å². The van der Waals surface area contributed by atoms with Crippen LogP contribution in [0, 0.1) is 13.8 Å². The minimum atomic E-state index is -0.208. The van der Waals surface area contributed by atoms with Gasteiger partial charge < -0.3 is 5.32 Å². The van der Waals surface area contributed by atoms with Crippen LogP contribution in [0.15, 0.2) is 79.1 Å². The van der Waals surface area contributed by atoms with E-state index >= 15 is 0 Å². The van der Waals surface area contributed by atoms with Crippen molar-refractivity contribution in [2.24, 2.45) is 0 Å². The highest BCUT2D eigenvalue weighted by molar-refractivity contribution is 6.00. The topological polar surface area (TPSA) is 59.8 Å². The Morgan fingerprint density at radius 2 is 1.65 bits per heavy atom. The van der Waals surface area contributed by atoms with Crippen LogP contribution < -0.4 is 5.32 Å². The Morgan fingerprint density at radius 3 is 2.29 bits per heavy atom. The van der Waals surface area contributed by atoms with E-state index in [1.54, 1.807) is 6.20 Å². The molecule has 0 aliphatic carbocycles. The summed E-state index contributed by atoms with van der Waals surface area (Å²) in [6.45, 7) is 6.64. The number of nitrogens with zero attached hydrogens (tertiary/aromatic N) is 3. The summed E-state index contributed by atoms with van der Waals surface area (Å²) in [5.41, 5.74) is 6.49. The molecule has 4 aromatic rings. The smallest absolute Gasteiger partial charge is 0.255 e. The standard InChI is InChI=1S/C26H26N4O/c1-18-7-11-21(12-8-18)16-30-17-23(25(29-30)22-13-9-19(2)10-14-22)26(31)28-20(3)24-6-4-5-15-27-24/h4-15,17,20H,16H2,1-3H3,(H,28,31)/t20-/m1/s1. The zero-order valence-electron chi connectivity index (χ0n) is 18.0. The Kier molecular flexibility index (Phi) is 5.94. The van der Waals surface area contributed by atoms with Crippen LogP contribution in [0.5, 0.6) is 0 Å². The molecule has 1 amide bonds. The number of pyridine rings is 1. The number of aromatic nitrogens is 3. The van der Waals surface area contributed by atoms with E-state index in [2.05, 4.69) is 41.5 Å². The molecule has 0 radical (unpaired) electrons. The van der Waals surface area contributed by atoms with Gasteiger partial charge in [0.2, 0.25) is 0 Å². The molecular formula is C26H26N4O. The van der Waals surface area contributed by atoms with Crippen LogP contribution >= 0.6 is 0 Å². The highest BCUT2D eigenvalue weighted by atomic mass is 16.1. The lowest BCUT2D eigenvalue weighted by molar-refractivity contribution is 0.0939. The summed E-state index contributed by atoms with van der Waals surface area (Å²) in [7, 11) is 0. The largest absolute Gasteiger partial charge is 0.344 e. The zero-order chi connectivity index (χ0) is 21.8. The number of aryl methyl sites for hydroxylation is 2. The van der Waals surface area contributed by atoms with Gasteiger partial charge in [-0.2, -0.15) is 5.10 Å². The zero-order valence-corrected chi connectivity index (χ0v) is 18.0. The van der Waals surface area contributed by atoms with E-state index in [-0.39, 0.29) is 11.9 Å². The average Bonchev–Trinajstić information content (AvgIpc) is 3.20. The maximum Gasteiger partial charge on any atom is 0.255 e. The highest BCUT2D eigenvalue weighted by Gasteiger charge is 2.20. The van der Waals surface area contributed by atoms with Gasteiger partial charge in [-0.1, -0.05) is 65.7 Å². The fourth-order valence-electron chi connectivity index (χ4n) is 3.45. The van der Waals surface area contributed by atoms with Gasteiger partial charge in [0.05, 0.1) is 23.8 Å². The summed E-state index contributed by atoms with van der Waals surface area (Å²) < 4.78 is 1.83. The molecule has 1 atom stereocenters. The van der Waals surface area contributed by atoms with Crippen LogP contribution in [0.3, 0.4) is 0 Å². The monoisotopic (exact) mass is 410 g/mol. The third kappa shape index (κ3) is 4.89. The molecule has 2 heterocycles. The fraction of sp³-hybridized carbons (Fsp3) is 0.192. The molecule has 0 fully saturated rings. The molecule has 0 aliphatic rings. The van der Waals surface area contributed by atoms with Gasteiger partial charge in [-0.3, -0.25) is 14.5 Å². The molecule has 0 bridgehead atoms. The molecule has 2 aromatic heterocycles. The maximum atomic E-state index is 13.2. The van der Waals surface area contributed by atoms with E-state index in [1.165, 1.54) is 5.56 Å². The van der Waals surface area contributed by atoms with Gasteiger partial charge in [0.25, 0.3) is 5.91 Å². The summed E-state index contributed by atoms with van der Waals surface area (Å²) >= 11 is 0. The number of hydrogen-bond acceptors (Lipinski definition) is 3. The van der Waals surface area contributed by atoms with Gasteiger partial charge in [0.15, 0.2) is 0 Å². The number of benzene rings is 2. The Bertz CT molecular complexity index is 1160. The van der Waals surface area contributed by atoms with E-state index in [0.29, 0.717) is 17.8 Å². The lowest BCUT2D eigenvalue weighted by atomic mass is 10.1.